The molecule has 1 saturated carbocycles. The maximum absolute atomic E-state index is 12.1. The van der Waals surface area contributed by atoms with E-state index in [4.69, 9.17) is 0 Å². The van der Waals surface area contributed by atoms with Gasteiger partial charge in [0.25, 0.3) is 5.56 Å². The predicted molar refractivity (Wildman–Crippen MR) is 75.3 cm³/mol. The fraction of sp³-hybridized carbons (Fsp3) is 0.667. The summed E-state index contributed by atoms with van der Waals surface area (Å²) < 4.78 is 3.65. The molecule has 1 aromatic rings. The van der Waals surface area contributed by atoms with E-state index < -0.39 is 0 Å². The fourth-order valence-electron chi connectivity index (χ4n) is 2.46. The van der Waals surface area contributed by atoms with Gasteiger partial charge in [0.05, 0.1) is 3.57 Å². The van der Waals surface area contributed by atoms with Crippen LogP contribution in [0.25, 0.3) is 0 Å². The van der Waals surface area contributed by atoms with Gasteiger partial charge in [-0.15, -0.1) is 0 Å². The lowest BCUT2D eigenvalue weighted by Gasteiger charge is -2.13. The van der Waals surface area contributed by atoms with Gasteiger partial charge in [0.2, 0.25) is 0 Å². The number of rotatable bonds is 3. The molecule has 0 bridgehead atoms. The highest BCUT2D eigenvalue weighted by molar-refractivity contribution is 14.1. The fourth-order valence-corrected chi connectivity index (χ4v) is 3.08. The lowest BCUT2D eigenvalue weighted by atomic mass is 10.1. The van der Waals surface area contributed by atoms with Crippen LogP contribution in [0.4, 0.5) is 0 Å². The largest absolute Gasteiger partial charge is 0.331 e. The number of hydrogen-bond donors (Lipinski definition) is 0. The average Bonchev–Trinajstić information content (AvgIpc) is 2.82. The average molecular weight is 348 g/mol. The Balaban J connectivity index is 2.40. The number of aromatic nitrogens is 2. The summed E-state index contributed by atoms with van der Waals surface area (Å²) in [6.45, 7) is 3.12. The molecule has 0 saturated heterocycles. The van der Waals surface area contributed by atoms with Crippen LogP contribution in [0.3, 0.4) is 0 Å². The van der Waals surface area contributed by atoms with Gasteiger partial charge < -0.3 is 0 Å². The minimum absolute atomic E-state index is 0.132. The van der Waals surface area contributed by atoms with E-state index in [9.17, 15) is 9.59 Å². The molecule has 2 rings (SSSR count). The number of hydrogen-bond acceptors (Lipinski definition) is 2. The van der Waals surface area contributed by atoms with Gasteiger partial charge in [-0.25, -0.2) is 4.79 Å². The molecule has 1 aliphatic carbocycles. The van der Waals surface area contributed by atoms with Crippen LogP contribution < -0.4 is 11.2 Å². The van der Waals surface area contributed by atoms with Gasteiger partial charge in [0.1, 0.15) is 0 Å². The molecular weight excluding hydrogens is 331 g/mol. The van der Waals surface area contributed by atoms with E-state index in [0.29, 0.717) is 22.6 Å². The molecule has 0 spiro atoms. The Morgan fingerprint density at radius 3 is 2.59 bits per heavy atom. The molecule has 1 aliphatic rings. The molecule has 1 fully saturated rings. The minimum Gasteiger partial charge on any atom is -0.300 e. The minimum atomic E-state index is -0.162. The summed E-state index contributed by atoms with van der Waals surface area (Å²) >= 11 is 2.01. The molecule has 17 heavy (non-hydrogen) atoms. The summed E-state index contributed by atoms with van der Waals surface area (Å²) in [5.74, 6) is 0.504. The molecular formula is C12H17IN2O2. The molecule has 0 radical (unpaired) electrons. The summed E-state index contributed by atoms with van der Waals surface area (Å²) in [5.41, 5.74) is -0.294. The Hall–Kier alpha value is -0.590. The molecule has 1 aromatic heterocycles. The van der Waals surface area contributed by atoms with Gasteiger partial charge >= 0.3 is 5.69 Å². The molecule has 1 heterocycles. The first kappa shape index (κ1) is 12.9. The first-order valence-electron chi connectivity index (χ1n) is 6.13. The molecule has 0 amide bonds. The van der Waals surface area contributed by atoms with E-state index in [1.54, 1.807) is 10.8 Å². The van der Waals surface area contributed by atoms with E-state index in [0.717, 1.165) is 12.8 Å². The molecule has 0 unspecified atom stereocenters. The zero-order valence-corrected chi connectivity index (χ0v) is 12.1. The van der Waals surface area contributed by atoms with Gasteiger partial charge in [-0.1, -0.05) is 12.8 Å². The predicted octanol–water partition coefficient (Wildman–Crippen LogP) is 1.82. The van der Waals surface area contributed by atoms with Crippen LogP contribution in [-0.2, 0) is 13.1 Å². The first-order valence-corrected chi connectivity index (χ1v) is 7.21. The topological polar surface area (TPSA) is 44.0 Å². The summed E-state index contributed by atoms with van der Waals surface area (Å²) in [6.07, 6.45) is 6.39. The first-order chi connectivity index (χ1) is 8.13. The van der Waals surface area contributed by atoms with E-state index in [2.05, 4.69) is 0 Å². The van der Waals surface area contributed by atoms with Crippen molar-refractivity contribution in [2.24, 2.45) is 5.92 Å². The van der Waals surface area contributed by atoms with Crippen molar-refractivity contribution < 1.29 is 0 Å². The zero-order valence-electron chi connectivity index (χ0n) is 9.99. The van der Waals surface area contributed by atoms with Crippen LogP contribution >= 0.6 is 22.6 Å². The van der Waals surface area contributed by atoms with Crippen LogP contribution in [0.2, 0.25) is 0 Å². The third-order valence-electron chi connectivity index (χ3n) is 3.45. The van der Waals surface area contributed by atoms with Gasteiger partial charge in [-0.2, -0.15) is 0 Å². The van der Waals surface area contributed by atoms with E-state index in [1.165, 1.54) is 17.4 Å². The Kier molecular flexibility index (Phi) is 4.06. The third-order valence-corrected chi connectivity index (χ3v) is 4.19. The Morgan fingerprint density at radius 1 is 1.35 bits per heavy atom. The van der Waals surface area contributed by atoms with Crippen molar-refractivity contribution in [2.45, 2.75) is 45.7 Å². The van der Waals surface area contributed by atoms with Gasteiger partial charge in [-0.05, 0) is 48.3 Å². The van der Waals surface area contributed by atoms with E-state index >= 15 is 0 Å². The molecule has 0 aromatic carbocycles. The zero-order chi connectivity index (χ0) is 12.4. The van der Waals surface area contributed by atoms with Crippen molar-refractivity contribution in [3.8, 4) is 0 Å². The lowest BCUT2D eigenvalue weighted by Crippen LogP contribution is -2.41. The van der Waals surface area contributed by atoms with Gasteiger partial charge in [-0.3, -0.25) is 13.9 Å². The smallest absolute Gasteiger partial charge is 0.300 e. The van der Waals surface area contributed by atoms with Crippen LogP contribution in [0.15, 0.2) is 15.8 Å². The summed E-state index contributed by atoms with van der Waals surface area (Å²) in [4.78, 5) is 24.1. The number of halogens is 1. The Labute approximate surface area is 114 Å². The Morgan fingerprint density at radius 2 is 2.00 bits per heavy atom. The second-order valence-corrected chi connectivity index (χ2v) is 5.77. The standard InChI is InChI=1S/C12H17IN2O2/c1-2-14-8-10(13)11(16)15(12(14)17)7-9-5-3-4-6-9/h8-9H,2-7H2,1H3. The van der Waals surface area contributed by atoms with Crippen molar-refractivity contribution in [1.29, 1.82) is 0 Å². The normalized spacial score (nSPS) is 16.6. The van der Waals surface area contributed by atoms with Crippen molar-refractivity contribution in [3.63, 3.8) is 0 Å². The quantitative estimate of drug-likeness (QED) is 0.783. The second-order valence-electron chi connectivity index (χ2n) is 4.61. The monoisotopic (exact) mass is 348 g/mol. The SMILES string of the molecule is CCn1cc(I)c(=O)n(CC2CCCC2)c1=O. The lowest BCUT2D eigenvalue weighted by molar-refractivity contribution is 0.423. The van der Waals surface area contributed by atoms with Crippen molar-refractivity contribution in [3.05, 3.63) is 30.6 Å². The highest BCUT2D eigenvalue weighted by Gasteiger charge is 2.18. The highest BCUT2D eigenvalue weighted by atomic mass is 127. The molecule has 94 valence electrons. The van der Waals surface area contributed by atoms with Crippen molar-refractivity contribution in [2.75, 3.05) is 0 Å². The van der Waals surface area contributed by atoms with Crippen LogP contribution in [0, 0.1) is 9.49 Å². The van der Waals surface area contributed by atoms with Gasteiger partial charge in [0.15, 0.2) is 0 Å². The number of nitrogens with zero attached hydrogens (tertiary/aromatic N) is 2. The summed E-state index contributed by atoms with van der Waals surface area (Å²) in [7, 11) is 0. The molecule has 4 nitrogen and oxygen atoms in total. The number of aryl methyl sites for hydroxylation is 1. The van der Waals surface area contributed by atoms with Crippen molar-refractivity contribution >= 4 is 22.6 Å². The summed E-state index contributed by atoms with van der Waals surface area (Å²) in [5, 5.41) is 0. The maximum Gasteiger partial charge on any atom is 0.331 e. The maximum atomic E-state index is 12.1. The molecule has 5 heteroatoms. The molecule has 0 N–H and O–H groups in total. The van der Waals surface area contributed by atoms with E-state index in [1.807, 2.05) is 29.5 Å². The van der Waals surface area contributed by atoms with Crippen molar-refractivity contribution in [1.82, 2.24) is 9.13 Å². The van der Waals surface area contributed by atoms with Gasteiger partial charge in [0, 0.05) is 19.3 Å². The van der Waals surface area contributed by atoms with E-state index in [-0.39, 0.29) is 11.2 Å². The summed E-state index contributed by atoms with van der Waals surface area (Å²) in [6, 6.07) is 0. The van der Waals surface area contributed by atoms with Crippen LogP contribution in [0.1, 0.15) is 32.6 Å². The third kappa shape index (κ3) is 2.64. The Bertz CT molecular complexity index is 512. The molecule has 0 aliphatic heterocycles. The molecule has 0 atom stereocenters. The van der Waals surface area contributed by atoms with Crippen LogP contribution in [0.5, 0.6) is 0 Å². The van der Waals surface area contributed by atoms with Crippen LogP contribution in [-0.4, -0.2) is 9.13 Å². The second kappa shape index (κ2) is 5.37. The highest BCUT2D eigenvalue weighted by Crippen LogP contribution is 2.25.